The molecule has 0 unspecified atom stereocenters. The molecule has 0 saturated carbocycles. The van der Waals surface area contributed by atoms with Crippen LogP contribution in [0.2, 0.25) is 0 Å². The standard InChI is InChI=1S/C16H14N2O/c1-19-12-6-7-14-15(10-12)18-9-8-11-4-2-3-5-13(11)16(18)17-14/h2-7,10H,8-9H2,1H3. The van der Waals surface area contributed by atoms with Crippen LogP contribution in [-0.4, -0.2) is 16.7 Å². The van der Waals surface area contributed by atoms with Crippen molar-refractivity contribution in [3.63, 3.8) is 0 Å². The van der Waals surface area contributed by atoms with E-state index in [4.69, 9.17) is 9.72 Å². The predicted octanol–water partition coefficient (Wildman–Crippen LogP) is 3.27. The number of hydrogen-bond acceptors (Lipinski definition) is 2. The van der Waals surface area contributed by atoms with Gasteiger partial charge in [0.1, 0.15) is 11.6 Å². The summed E-state index contributed by atoms with van der Waals surface area (Å²) in [6, 6.07) is 14.6. The maximum atomic E-state index is 5.31. The highest BCUT2D eigenvalue weighted by Crippen LogP contribution is 2.33. The zero-order chi connectivity index (χ0) is 12.8. The van der Waals surface area contributed by atoms with E-state index in [1.807, 2.05) is 12.1 Å². The Morgan fingerprint density at radius 3 is 2.95 bits per heavy atom. The van der Waals surface area contributed by atoms with E-state index in [9.17, 15) is 0 Å². The van der Waals surface area contributed by atoms with Gasteiger partial charge in [0.25, 0.3) is 0 Å². The van der Waals surface area contributed by atoms with Gasteiger partial charge in [0.05, 0.1) is 18.1 Å². The third kappa shape index (κ3) is 1.48. The van der Waals surface area contributed by atoms with E-state index in [0.29, 0.717) is 0 Å². The van der Waals surface area contributed by atoms with E-state index in [1.165, 1.54) is 11.1 Å². The molecule has 94 valence electrons. The molecule has 19 heavy (non-hydrogen) atoms. The van der Waals surface area contributed by atoms with Gasteiger partial charge in [0.2, 0.25) is 0 Å². The quantitative estimate of drug-likeness (QED) is 0.662. The molecular weight excluding hydrogens is 236 g/mol. The number of imidazole rings is 1. The molecule has 4 rings (SSSR count). The number of methoxy groups -OCH3 is 1. The first-order valence-corrected chi connectivity index (χ1v) is 6.49. The Balaban J connectivity index is 2.02. The predicted molar refractivity (Wildman–Crippen MR) is 75.4 cm³/mol. The number of benzene rings is 2. The number of hydrogen-bond donors (Lipinski definition) is 0. The van der Waals surface area contributed by atoms with Crippen LogP contribution in [0.5, 0.6) is 5.75 Å². The van der Waals surface area contributed by atoms with E-state index in [2.05, 4.69) is 34.9 Å². The largest absolute Gasteiger partial charge is 0.497 e. The molecule has 2 aromatic carbocycles. The van der Waals surface area contributed by atoms with Crippen LogP contribution < -0.4 is 4.74 Å². The number of fused-ring (bicyclic) bond motifs is 5. The molecular formula is C16H14N2O. The van der Waals surface area contributed by atoms with Gasteiger partial charge < -0.3 is 9.30 Å². The van der Waals surface area contributed by atoms with E-state index in [1.54, 1.807) is 7.11 Å². The van der Waals surface area contributed by atoms with Crippen molar-refractivity contribution in [1.29, 1.82) is 0 Å². The maximum Gasteiger partial charge on any atom is 0.141 e. The van der Waals surface area contributed by atoms with Gasteiger partial charge in [0, 0.05) is 18.2 Å². The Bertz CT molecular complexity index is 774. The lowest BCUT2D eigenvalue weighted by atomic mass is 10.0. The van der Waals surface area contributed by atoms with E-state index in [0.717, 1.165) is 35.6 Å². The van der Waals surface area contributed by atoms with Crippen molar-refractivity contribution in [2.45, 2.75) is 13.0 Å². The molecule has 0 bridgehead atoms. The highest BCUT2D eigenvalue weighted by molar-refractivity contribution is 5.83. The van der Waals surface area contributed by atoms with Crippen molar-refractivity contribution < 1.29 is 4.74 Å². The van der Waals surface area contributed by atoms with Crippen molar-refractivity contribution >= 4 is 11.0 Å². The summed E-state index contributed by atoms with van der Waals surface area (Å²) in [7, 11) is 1.70. The van der Waals surface area contributed by atoms with Crippen LogP contribution in [0.3, 0.4) is 0 Å². The van der Waals surface area contributed by atoms with E-state index in [-0.39, 0.29) is 0 Å². The maximum absolute atomic E-state index is 5.31. The third-order valence-electron chi connectivity index (χ3n) is 3.82. The van der Waals surface area contributed by atoms with Crippen LogP contribution in [0, 0.1) is 0 Å². The molecule has 0 saturated heterocycles. The number of aryl methyl sites for hydroxylation is 2. The number of aromatic nitrogens is 2. The van der Waals surface area contributed by atoms with Crippen LogP contribution in [0.25, 0.3) is 22.4 Å². The minimum atomic E-state index is 0.883. The van der Waals surface area contributed by atoms with Gasteiger partial charge in [-0.15, -0.1) is 0 Å². The summed E-state index contributed by atoms with van der Waals surface area (Å²) in [5.74, 6) is 1.96. The Labute approximate surface area is 111 Å². The van der Waals surface area contributed by atoms with Crippen LogP contribution >= 0.6 is 0 Å². The van der Waals surface area contributed by atoms with Gasteiger partial charge >= 0.3 is 0 Å². The number of rotatable bonds is 1. The average Bonchev–Trinajstić information content (AvgIpc) is 2.85. The first-order chi connectivity index (χ1) is 9.36. The Morgan fingerprint density at radius 2 is 2.05 bits per heavy atom. The van der Waals surface area contributed by atoms with Crippen LogP contribution in [0.4, 0.5) is 0 Å². The number of ether oxygens (including phenoxy) is 1. The summed E-state index contributed by atoms with van der Waals surface area (Å²) in [6.07, 6.45) is 1.06. The monoisotopic (exact) mass is 250 g/mol. The van der Waals surface area contributed by atoms with Crippen molar-refractivity contribution in [3.8, 4) is 17.1 Å². The van der Waals surface area contributed by atoms with Crippen LogP contribution in [0.1, 0.15) is 5.56 Å². The lowest BCUT2D eigenvalue weighted by Gasteiger charge is -2.18. The second-order valence-corrected chi connectivity index (χ2v) is 4.85. The molecule has 3 aromatic rings. The van der Waals surface area contributed by atoms with Gasteiger partial charge in [-0.3, -0.25) is 0 Å². The molecule has 0 aliphatic carbocycles. The lowest BCUT2D eigenvalue weighted by Crippen LogP contribution is -2.10. The topological polar surface area (TPSA) is 27.1 Å². The molecule has 0 spiro atoms. The Kier molecular flexibility index (Phi) is 2.15. The fourth-order valence-electron chi connectivity index (χ4n) is 2.85. The first-order valence-electron chi connectivity index (χ1n) is 6.49. The molecule has 0 radical (unpaired) electrons. The summed E-state index contributed by atoms with van der Waals surface area (Å²) in [5.41, 5.74) is 4.83. The van der Waals surface area contributed by atoms with Crippen molar-refractivity contribution in [2.75, 3.05) is 7.11 Å². The molecule has 1 aliphatic heterocycles. The molecule has 1 aromatic heterocycles. The van der Waals surface area contributed by atoms with E-state index < -0.39 is 0 Å². The fourth-order valence-corrected chi connectivity index (χ4v) is 2.85. The molecule has 1 aliphatic rings. The Morgan fingerprint density at radius 1 is 1.16 bits per heavy atom. The van der Waals surface area contributed by atoms with E-state index >= 15 is 0 Å². The summed E-state index contributed by atoms with van der Waals surface area (Å²) in [6.45, 7) is 0.982. The highest BCUT2D eigenvalue weighted by atomic mass is 16.5. The third-order valence-corrected chi connectivity index (χ3v) is 3.82. The molecule has 2 heterocycles. The van der Waals surface area contributed by atoms with Gasteiger partial charge in [-0.1, -0.05) is 24.3 Å². The minimum absolute atomic E-state index is 0.883. The van der Waals surface area contributed by atoms with Gasteiger partial charge in [-0.2, -0.15) is 0 Å². The molecule has 3 heteroatoms. The zero-order valence-electron chi connectivity index (χ0n) is 10.8. The molecule has 3 nitrogen and oxygen atoms in total. The zero-order valence-corrected chi connectivity index (χ0v) is 10.8. The minimum Gasteiger partial charge on any atom is -0.497 e. The fraction of sp³-hybridized carbons (Fsp3) is 0.188. The SMILES string of the molecule is COc1ccc2nc3n(c2c1)CCc1ccccc1-3. The second kappa shape index (κ2) is 3.85. The lowest BCUT2D eigenvalue weighted by molar-refractivity contribution is 0.415. The molecule has 0 fully saturated rings. The highest BCUT2D eigenvalue weighted by Gasteiger charge is 2.19. The van der Waals surface area contributed by atoms with Crippen molar-refractivity contribution in [2.24, 2.45) is 0 Å². The van der Waals surface area contributed by atoms with Gasteiger partial charge in [-0.05, 0) is 24.1 Å². The normalized spacial score (nSPS) is 13.1. The van der Waals surface area contributed by atoms with Crippen LogP contribution in [0.15, 0.2) is 42.5 Å². The van der Waals surface area contributed by atoms with Gasteiger partial charge in [-0.25, -0.2) is 4.98 Å². The van der Waals surface area contributed by atoms with Crippen LogP contribution in [-0.2, 0) is 13.0 Å². The molecule has 0 amide bonds. The number of nitrogens with zero attached hydrogens (tertiary/aromatic N) is 2. The first kappa shape index (κ1) is 10.6. The van der Waals surface area contributed by atoms with Gasteiger partial charge in [0.15, 0.2) is 0 Å². The smallest absolute Gasteiger partial charge is 0.141 e. The molecule has 0 atom stereocenters. The average molecular weight is 250 g/mol. The second-order valence-electron chi connectivity index (χ2n) is 4.85. The summed E-state index contributed by atoms with van der Waals surface area (Å²) >= 11 is 0. The summed E-state index contributed by atoms with van der Waals surface area (Å²) in [4.78, 5) is 4.78. The Hall–Kier alpha value is -2.29. The van der Waals surface area contributed by atoms with Crippen molar-refractivity contribution in [3.05, 3.63) is 48.0 Å². The van der Waals surface area contributed by atoms with Crippen molar-refractivity contribution in [1.82, 2.24) is 9.55 Å². The summed E-state index contributed by atoms with van der Waals surface area (Å²) < 4.78 is 7.60. The summed E-state index contributed by atoms with van der Waals surface area (Å²) in [5, 5.41) is 0. The molecule has 0 N–H and O–H groups in total.